The van der Waals surface area contributed by atoms with Gasteiger partial charge in [0, 0.05) is 47.9 Å². The van der Waals surface area contributed by atoms with Gasteiger partial charge in [0.25, 0.3) is 0 Å². The highest BCUT2D eigenvalue weighted by Crippen LogP contribution is 2.26. The molecule has 0 saturated carbocycles. The van der Waals surface area contributed by atoms with E-state index in [0.29, 0.717) is 93.0 Å². The number of aliphatic carboxylic acids is 3. The third-order valence-electron chi connectivity index (χ3n) is 13.4. The second-order valence-electron chi connectivity index (χ2n) is 20.3. The fourth-order valence-electron chi connectivity index (χ4n) is 8.64. The van der Waals surface area contributed by atoms with E-state index in [2.05, 4.69) is 61.6 Å². The first-order chi connectivity index (χ1) is 45.3. The van der Waals surface area contributed by atoms with E-state index >= 15 is 0 Å². The summed E-state index contributed by atoms with van der Waals surface area (Å²) in [6, 6.07) is 37.1. The Kier molecular flexibility index (Phi) is 32.9. The molecule has 8 aromatic rings. The molecule has 28 nitrogen and oxygen atoms in total. The van der Waals surface area contributed by atoms with Crippen molar-refractivity contribution in [3.63, 3.8) is 0 Å². The molecule has 0 aliphatic rings. The minimum atomic E-state index is -0.791. The van der Waals surface area contributed by atoms with Crippen LogP contribution in [0, 0.1) is 45.3 Å². The van der Waals surface area contributed by atoms with E-state index < -0.39 is 17.9 Å². The molecule has 8 rings (SSSR count). The summed E-state index contributed by atoms with van der Waals surface area (Å²) in [4.78, 5) is 42.3. The van der Waals surface area contributed by atoms with Crippen LogP contribution in [0.5, 0.6) is 23.0 Å². The number of carbonyl (C=O) groups excluding carboxylic acids is 1. The number of H-pyrrole nitrogens is 4. The lowest BCUT2D eigenvalue weighted by Gasteiger charge is -2.07. The number of aromatic amines is 4. The molecule has 0 spiro atoms. The summed E-state index contributed by atoms with van der Waals surface area (Å²) in [5.74, 6) is 0.509. The molecule has 0 bridgehead atoms. The van der Waals surface area contributed by atoms with E-state index in [0.717, 1.165) is 111 Å². The number of carboxylic acid groups (broad SMARTS) is 3. The number of benzene rings is 4. The maximum absolute atomic E-state index is 11.2. The highest BCUT2D eigenvalue weighted by Gasteiger charge is 2.14. The summed E-state index contributed by atoms with van der Waals surface area (Å²) in [7, 11) is 0. The monoisotopic (exact) mass is 1270 g/mol. The highest BCUT2D eigenvalue weighted by molar-refractivity contribution is 5.70. The van der Waals surface area contributed by atoms with Gasteiger partial charge in [-0.2, -0.15) is 62.3 Å². The number of rotatable bonds is 36. The summed E-state index contributed by atoms with van der Waals surface area (Å²) in [5, 5.41) is 102. The van der Waals surface area contributed by atoms with Crippen molar-refractivity contribution in [2.24, 2.45) is 0 Å². The number of hydrogen-bond donors (Lipinski definition) is 7. The number of nitrogens with zero attached hydrogens (tertiary/aromatic N) is 12. The van der Waals surface area contributed by atoms with Crippen molar-refractivity contribution in [2.45, 2.75) is 129 Å². The molecular weight excluding hydrogens is 1200 g/mol. The van der Waals surface area contributed by atoms with Crippen LogP contribution < -0.4 is 18.9 Å². The molecule has 0 atom stereocenters. The Morgan fingerprint density at radius 1 is 0.344 bits per heavy atom. The molecule has 0 radical (unpaired) electrons. The van der Waals surface area contributed by atoms with Crippen molar-refractivity contribution in [1.29, 1.82) is 21.0 Å². The summed E-state index contributed by atoms with van der Waals surface area (Å²) in [5.41, 5.74) is 6.34. The van der Waals surface area contributed by atoms with Gasteiger partial charge in [-0.25, -0.2) is 0 Å². The van der Waals surface area contributed by atoms with Crippen LogP contribution in [0.25, 0.3) is 45.0 Å². The van der Waals surface area contributed by atoms with Crippen LogP contribution in [0.2, 0.25) is 0 Å². The van der Waals surface area contributed by atoms with E-state index in [1.54, 1.807) is 55.5 Å². The summed E-state index contributed by atoms with van der Waals surface area (Å²) < 4.78 is 27.3. The van der Waals surface area contributed by atoms with Crippen molar-refractivity contribution in [1.82, 2.24) is 61.6 Å². The van der Waals surface area contributed by atoms with Crippen LogP contribution in [0.3, 0.4) is 0 Å². The van der Waals surface area contributed by atoms with Crippen LogP contribution >= 0.6 is 0 Å². The number of carboxylic acids is 3. The zero-order valence-corrected chi connectivity index (χ0v) is 51.6. The number of aromatic nitrogens is 12. The van der Waals surface area contributed by atoms with Crippen LogP contribution in [-0.2, 0) is 23.9 Å². The van der Waals surface area contributed by atoms with Crippen molar-refractivity contribution in [3.8, 4) is 92.3 Å². The van der Waals surface area contributed by atoms with Crippen LogP contribution in [-0.4, -0.2) is 134 Å². The van der Waals surface area contributed by atoms with Gasteiger partial charge in [0.15, 0.2) is 22.8 Å². The predicted octanol–water partition coefficient (Wildman–Crippen LogP) is 11.1. The molecule has 0 amide bonds. The maximum Gasteiger partial charge on any atom is 0.305 e. The minimum Gasteiger partial charge on any atom is -0.494 e. The van der Waals surface area contributed by atoms with Gasteiger partial charge in [-0.1, -0.05) is 51.4 Å². The lowest BCUT2D eigenvalue weighted by atomic mass is 10.1. The molecule has 486 valence electrons. The highest BCUT2D eigenvalue weighted by atomic mass is 16.5. The largest absolute Gasteiger partial charge is 0.494 e. The fraction of sp³-hybridized carbons (Fsp3) is 0.385. The number of hydrogen-bond acceptors (Lipinski definition) is 21. The molecule has 0 fully saturated rings. The quantitative estimate of drug-likeness (QED) is 0.0142. The predicted molar refractivity (Wildman–Crippen MR) is 335 cm³/mol. The Morgan fingerprint density at radius 2 is 0.581 bits per heavy atom. The number of esters is 1. The van der Waals surface area contributed by atoms with Gasteiger partial charge in [-0.15, -0.1) is 20.4 Å². The van der Waals surface area contributed by atoms with Crippen molar-refractivity contribution < 1.29 is 58.2 Å². The third kappa shape index (κ3) is 27.4. The summed E-state index contributed by atoms with van der Waals surface area (Å²) in [6.45, 7) is 4.39. The second-order valence-corrected chi connectivity index (χ2v) is 20.3. The lowest BCUT2D eigenvalue weighted by molar-refractivity contribution is -0.143. The molecule has 0 aliphatic heterocycles. The normalized spacial score (nSPS) is 10.2. The van der Waals surface area contributed by atoms with Crippen LogP contribution in [0.1, 0.15) is 152 Å². The average Bonchev–Trinajstić information content (AvgIpc) is 2.39. The second kappa shape index (κ2) is 42.4. The molecule has 93 heavy (non-hydrogen) atoms. The zero-order chi connectivity index (χ0) is 66.7. The Labute approximate surface area is 536 Å². The van der Waals surface area contributed by atoms with E-state index in [4.69, 9.17) is 60.1 Å². The van der Waals surface area contributed by atoms with E-state index in [-0.39, 0.29) is 48.0 Å². The average molecular weight is 1270 g/mol. The molecule has 4 aromatic carbocycles. The number of ether oxygens (including phenoxy) is 5. The first-order valence-corrected chi connectivity index (χ1v) is 30.3. The van der Waals surface area contributed by atoms with E-state index in [1.807, 2.05) is 72.8 Å². The molecule has 0 aliphatic carbocycles. The SMILES string of the molecule is CCOC(=O)CCCOc1ccc(-c2n[nH]nc2C#N)cc1.N#Cc1n[nH]nc1-c1ccc(OCCCCC(=O)O)cc1.N#Cc1n[nH]nc1-c1ccc(OCCCCCCCC(=O)O)cc1.N#Cc1n[nH]nc1-c1ccc(OCCCCCCCCCC(=O)O)cc1. The van der Waals surface area contributed by atoms with Crippen LogP contribution in [0.15, 0.2) is 97.1 Å². The Morgan fingerprint density at radius 3 is 0.839 bits per heavy atom. The number of carbonyl (C=O) groups is 4. The number of nitriles is 4. The summed E-state index contributed by atoms with van der Waals surface area (Å²) in [6.07, 6.45) is 14.9. The van der Waals surface area contributed by atoms with Gasteiger partial charge < -0.3 is 39.0 Å². The van der Waals surface area contributed by atoms with E-state index in [1.165, 1.54) is 0 Å². The summed E-state index contributed by atoms with van der Waals surface area (Å²) >= 11 is 0. The number of nitrogens with one attached hydrogen (secondary N) is 4. The standard InChI is InChI=1S/C19H24N4O3.C17H20N4O3.C15H16N4O3.C14H14N4O3/c20-14-17-19(22-23-21-17)15-9-11-16(12-10-15)26-13-7-5-3-1-2-4-6-8-18(24)25;18-12-15-17(20-21-19-15)13-7-9-14(10-8-13)24-11-5-3-1-2-4-6-16(22)23;1-2-21-14(20)4-3-9-22-12-7-5-11(6-8-12)15-13(10-16)17-19-18-15;15-9-12-14(17-18-16-12)10-4-6-11(7-5-10)21-8-2-1-3-13(19)20/h9-12H,1-8,13H2,(H,24,25)(H,21,22,23);7-10H,1-6,11H2,(H,22,23)(H,19,20,21);5-8H,2-4,9H2,1H3,(H,17,18,19);4-7H,1-3,8H2,(H,19,20)(H,16,17,18). The molecular formula is C65H74N16O12. The van der Waals surface area contributed by atoms with Crippen LogP contribution in [0.4, 0.5) is 0 Å². The zero-order valence-electron chi connectivity index (χ0n) is 51.6. The molecule has 4 aromatic heterocycles. The van der Waals surface area contributed by atoms with Crippen molar-refractivity contribution >= 4 is 23.9 Å². The fourth-order valence-corrected chi connectivity index (χ4v) is 8.64. The van der Waals surface area contributed by atoms with Gasteiger partial charge in [-0.3, -0.25) is 19.2 Å². The Balaban J connectivity index is 0.000000225. The lowest BCUT2D eigenvalue weighted by Crippen LogP contribution is -2.06. The van der Waals surface area contributed by atoms with Gasteiger partial charge in [0.1, 0.15) is 70.1 Å². The molecule has 7 N–H and O–H groups in total. The molecule has 0 saturated heterocycles. The Hall–Kier alpha value is -11.5. The molecule has 0 unspecified atom stereocenters. The molecule has 28 heteroatoms. The third-order valence-corrected chi connectivity index (χ3v) is 13.4. The van der Waals surface area contributed by atoms with E-state index in [9.17, 15) is 19.2 Å². The smallest absolute Gasteiger partial charge is 0.305 e. The van der Waals surface area contributed by atoms with Gasteiger partial charge >= 0.3 is 23.9 Å². The topological polar surface area (TPSA) is 437 Å². The van der Waals surface area contributed by atoms with Crippen molar-refractivity contribution in [2.75, 3.05) is 33.0 Å². The molecule has 4 heterocycles. The first-order valence-electron chi connectivity index (χ1n) is 30.3. The number of unbranched alkanes of at least 4 members (excludes halogenated alkanes) is 11. The Bertz CT molecular complexity index is 3670. The van der Waals surface area contributed by atoms with Gasteiger partial charge in [0.2, 0.25) is 0 Å². The van der Waals surface area contributed by atoms with Gasteiger partial charge in [0.05, 0.1) is 33.0 Å². The first kappa shape index (κ1) is 72.2. The van der Waals surface area contributed by atoms with Gasteiger partial charge in [-0.05, 0) is 149 Å². The maximum atomic E-state index is 11.2. The van der Waals surface area contributed by atoms with Crippen molar-refractivity contribution in [3.05, 3.63) is 120 Å². The minimum absolute atomic E-state index is 0.158.